The summed E-state index contributed by atoms with van der Waals surface area (Å²) in [5, 5.41) is 12.4. The SMILES string of the molecule is CCc1ccc([C@H]2C(C(=O)c3cccs3)=C(O)C(=O)N2CCCOC(C)C)cc1. The first-order chi connectivity index (χ1) is 13.9. The van der Waals surface area contributed by atoms with Crippen molar-refractivity contribution in [3.63, 3.8) is 0 Å². The molecule has 2 aromatic rings. The molecular weight excluding hydrogens is 386 g/mol. The maximum absolute atomic E-state index is 13.1. The molecule has 0 bridgehead atoms. The Morgan fingerprint density at radius 2 is 1.97 bits per heavy atom. The van der Waals surface area contributed by atoms with Gasteiger partial charge < -0.3 is 14.7 Å². The van der Waals surface area contributed by atoms with Crippen LogP contribution < -0.4 is 0 Å². The summed E-state index contributed by atoms with van der Waals surface area (Å²) in [5.41, 5.74) is 2.16. The molecule has 1 aromatic heterocycles. The Hall–Kier alpha value is -2.44. The number of rotatable bonds is 9. The molecule has 0 saturated carbocycles. The first kappa shape index (κ1) is 21.3. The number of ether oxygens (including phenoxy) is 1. The smallest absolute Gasteiger partial charge is 0.290 e. The Morgan fingerprint density at radius 3 is 2.55 bits per heavy atom. The monoisotopic (exact) mass is 413 g/mol. The van der Waals surface area contributed by atoms with Gasteiger partial charge in [0.2, 0.25) is 5.78 Å². The van der Waals surface area contributed by atoms with Crippen molar-refractivity contribution in [2.75, 3.05) is 13.2 Å². The molecule has 1 aliphatic rings. The summed E-state index contributed by atoms with van der Waals surface area (Å²) < 4.78 is 5.59. The number of hydrogen-bond acceptors (Lipinski definition) is 5. The van der Waals surface area contributed by atoms with E-state index in [1.807, 2.05) is 43.5 Å². The molecule has 1 amide bonds. The van der Waals surface area contributed by atoms with Gasteiger partial charge in [-0.15, -0.1) is 11.3 Å². The van der Waals surface area contributed by atoms with Crippen molar-refractivity contribution in [3.05, 3.63) is 69.1 Å². The zero-order valence-corrected chi connectivity index (χ0v) is 17.9. The van der Waals surface area contributed by atoms with E-state index in [-0.39, 0.29) is 17.5 Å². The average molecular weight is 414 g/mol. The molecule has 154 valence electrons. The van der Waals surface area contributed by atoms with Crippen molar-refractivity contribution in [3.8, 4) is 0 Å². The van der Waals surface area contributed by atoms with Gasteiger partial charge in [-0.1, -0.05) is 37.3 Å². The summed E-state index contributed by atoms with van der Waals surface area (Å²) in [6.07, 6.45) is 1.65. The molecule has 2 heterocycles. The molecule has 29 heavy (non-hydrogen) atoms. The molecule has 1 atom stereocenters. The molecule has 0 aliphatic carbocycles. The average Bonchev–Trinajstić information content (AvgIpc) is 3.33. The van der Waals surface area contributed by atoms with Crippen molar-refractivity contribution in [2.24, 2.45) is 0 Å². The van der Waals surface area contributed by atoms with Gasteiger partial charge in [0.05, 0.1) is 22.6 Å². The van der Waals surface area contributed by atoms with Gasteiger partial charge in [0, 0.05) is 13.2 Å². The predicted molar refractivity (Wildman–Crippen MR) is 114 cm³/mol. The maximum atomic E-state index is 13.1. The van der Waals surface area contributed by atoms with Gasteiger partial charge in [-0.3, -0.25) is 9.59 Å². The lowest BCUT2D eigenvalue weighted by molar-refractivity contribution is -0.129. The number of ketones is 1. The van der Waals surface area contributed by atoms with E-state index < -0.39 is 17.7 Å². The first-order valence-electron chi connectivity index (χ1n) is 9.96. The van der Waals surface area contributed by atoms with Crippen molar-refractivity contribution < 1.29 is 19.4 Å². The molecule has 0 spiro atoms. The minimum atomic E-state index is -0.595. The van der Waals surface area contributed by atoms with Crippen molar-refractivity contribution in [1.82, 2.24) is 4.90 Å². The number of aryl methyl sites for hydroxylation is 1. The Bertz CT molecular complexity index is 884. The van der Waals surface area contributed by atoms with Gasteiger partial charge in [0.1, 0.15) is 0 Å². The van der Waals surface area contributed by atoms with Gasteiger partial charge in [-0.2, -0.15) is 0 Å². The number of carbonyl (C=O) groups excluding carboxylic acids is 2. The molecule has 6 heteroatoms. The lowest BCUT2D eigenvalue weighted by atomic mass is 9.94. The van der Waals surface area contributed by atoms with Crippen LogP contribution in [0.2, 0.25) is 0 Å². The molecule has 0 unspecified atom stereocenters. The normalized spacial score (nSPS) is 16.9. The van der Waals surface area contributed by atoms with E-state index in [0.717, 1.165) is 12.0 Å². The lowest BCUT2D eigenvalue weighted by Crippen LogP contribution is -2.32. The highest BCUT2D eigenvalue weighted by molar-refractivity contribution is 7.12. The van der Waals surface area contributed by atoms with E-state index in [9.17, 15) is 14.7 Å². The third-order valence-electron chi connectivity index (χ3n) is 4.99. The standard InChI is InChI=1S/C23H27NO4S/c1-4-16-8-10-17(11-9-16)20-19(21(25)18-7-5-14-29-18)22(26)23(27)24(20)12-6-13-28-15(2)3/h5,7-11,14-15,20,26H,4,6,12-13H2,1-3H3/t20-/m0/s1. The second-order valence-corrected chi connectivity index (χ2v) is 8.29. The van der Waals surface area contributed by atoms with Crippen LogP contribution in [0.25, 0.3) is 0 Å². The molecule has 0 saturated heterocycles. The molecule has 3 rings (SSSR count). The molecule has 5 nitrogen and oxygen atoms in total. The van der Waals surface area contributed by atoms with E-state index >= 15 is 0 Å². The molecule has 1 N–H and O–H groups in total. The highest BCUT2D eigenvalue weighted by Crippen LogP contribution is 2.39. The summed E-state index contributed by atoms with van der Waals surface area (Å²) in [7, 11) is 0. The molecule has 1 aromatic carbocycles. The molecular formula is C23H27NO4S. The Kier molecular flexibility index (Phi) is 6.87. The lowest BCUT2D eigenvalue weighted by Gasteiger charge is -2.27. The van der Waals surface area contributed by atoms with Crippen LogP contribution in [-0.4, -0.2) is 41.0 Å². The summed E-state index contributed by atoms with van der Waals surface area (Å²) in [4.78, 5) is 28.1. The minimum absolute atomic E-state index is 0.115. The van der Waals surface area contributed by atoms with Gasteiger partial charge in [0.15, 0.2) is 5.76 Å². The quantitative estimate of drug-likeness (QED) is 0.478. The van der Waals surface area contributed by atoms with Crippen LogP contribution in [0.5, 0.6) is 0 Å². The summed E-state index contributed by atoms with van der Waals surface area (Å²) in [6, 6.07) is 10.8. The zero-order valence-electron chi connectivity index (χ0n) is 17.1. The number of aliphatic hydroxyl groups is 1. The fourth-order valence-electron chi connectivity index (χ4n) is 3.49. The molecule has 0 radical (unpaired) electrons. The van der Waals surface area contributed by atoms with E-state index in [4.69, 9.17) is 4.74 Å². The largest absolute Gasteiger partial charge is 0.503 e. The molecule has 0 fully saturated rings. The van der Waals surface area contributed by atoms with Crippen molar-refractivity contribution in [1.29, 1.82) is 0 Å². The van der Waals surface area contributed by atoms with Gasteiger partial charge in [0.25, 0.3) is 5.91 Å². The van der Waals surface area contributed by atoms with Crippen LogP contribution in [0.1, 0.15) is 54.0 Å². The van der Waals surface area contributed by atoms with Gasteiger partial charge >= 0.3 is 0 Å². The minimum Gasteiger partial charge on any atom is -0.503 e. The van der Waals surface area contributed by atoms with Crippen LogP contribution in [0.15, 0.2) is 53.1 Å². The Morgan fingerprint density at radius 1 is 1.24 bits per heavy atom. The number of Topliss-reactive ketones (excluding diaryl/α,β-unsaturated/α-hetero) is 1. The third kappa shape index (κ3) is 4.60. The second-order valence-electron chi connectivity index (χ2n) is 7.34. The highest BCUT2D eigenvalue weighted by atomic mass is 32.1. The predicted octanol–water partition coefficient (Wildman–Crippen LogP) is 4.70. The van der Waals surface area contributed by atoms with Crippen LogP contribution in [0.4, 0.5) is 0 Å². The number of aliphatic hydroxyl groups excluding tert-OH is 1. The second kappa shape index (κ2) is 9.37. The first-order valence-corrected chi connectivity index (χ1v) is 10.8. The highest BCUT2D eigenvalue weighted by Gasteiger charge is 2.43. The van der Waals surface area contributed by atoms with E-state index in [1.54, 1.807) is 17.0 Å². The zero-order chi connectivity index (χ0) is 21.0. The summed E-state index contributed by atoms with van der Waals surface area (Å²) >= 11 is 1.31. The van der Waals surface area contributed by atoms with Crippen LogP contribution in [0, 0.1) is 0 Å². The van der Waals surface area contributed by atoms with E-state index in [2.05, 4.69) is 6.92 Å². The summed E-state index contributed by atoms with van der Waals surface area (Å²) in [6.45, 7) is 6.91. The summed E-state index contributed by atoms with van der Waals surface area (Å²) in [5.74, 6) is -1.24. The number of benzene rings is 1. The Balaban J connectivity index is 1.93. The van der Waals surface area contributed by atoms with Gasteiger partial charge in [-0.25, -0.2) is 0 Å². The number of thiophene rings is 1. The van der Waals surface area contributed by atoms with E-state index in [0.29, 0.717) is 24.4 Å². The Labute approximate surface area is 175 Å². The van der Waals surface area contributed by atoms with Crippen LogP contribution in [-0.2, 0) is 16.0 Å². The van der Waals surface area contributed by atoms with Crippen LogP contribution >= 0.6 is 11.3 Å². The fraction of sp³-hybridized carbons (Fsp3) is 0.391. The topological polar surface area (TPSA) is 66.8 Å². The maximum Gasteiger partial charge on any atom is 0.290 e. The van der Waals surface area contributed by atoms with Crippen LogP contribution in [0.3, 0.4) is 0 Å². The fourth-order valence-corrected chi connectivity index (χ4v) is 4.17. The number of nitrogens with zero attached hydrogens (tertiary/aromatic N) is 1. The van der Waals surface area contributed by atoms with Crippen molar-refractivity contribution >= 4 is 23.0 Å². The number of amides is 1. The number of carbonyl (C=O) groups is 2. The molecule has 1 aliphatic heterocycles. The van der Waals surface area contributed by atoms with Crippen molar-refractivity contribution in [2.45, 2.75) is 45.8 Å². The van der Waals surface area contributed by atoms with Gasteiger partial charge in [-0.05, 0) is 49.3 Å². The van der Waals surface area contributed by atoms with E-state index in [1.165, 1.54) is 16.9 Å². The number of hydrogen-bond donors (Lipinski definition) is 1. The third-order valence-corrected chi connectivity index (χ3v) is 5.86.